The zero-order chi connectivity index (χ0) is 13.8. The Hall–Kier alpha value is -1.55. The number of fused-ring (bicyclic) bond motifs is 1. The quantitative estimate of drug-likeness (QED) is 0.862. The number of carbonyl (C=O) groups excluding carboxylic acids is 1. The van der Waals surface area contributed by atoms with E-state index < -0.39 is 0 Å². The molecule has 4 heteroatoms. The van der Waals surface area contributed by atoms with Crippen molar-refractivity contribution in [3.63, 3.8) is 0 Å². The van der Waals surface area contributed by atoms with Gasteiger partial charge in [-0.1, -0.05) is 32.0 Å². The fourth-order valence-electron chi connectivity index (χ4n) is 2.22. The first-order chi connectivity index (χ1) is 9.11. The molecule has 2 N–H and O–H groups in total. The molecule has 2 rings (SSSR count). The van der Waals surface area contributed by atoms with Crippen LogP contribution in [0, 0.1) is 11.8 Å². The first-order valence-corrected chi connectivity index (χ1v) is 6.73. The van der Waals surface area contributed by atoms with Crippen LogP contribution in [0.4, 0.5) is 0 Å². The fraction of sp³-hybridized carbons (Fsp3) is 0.533. The fourth-order valence-corrected chi connectivity index (χ4v) is 2.22. The van der Waals surface area contributed by atoms with Crippen LogP contribution in [0.2, 0.25) is 0 Å². The smallest absolute Gasteiger partial charge is 0.227 e. The Morgan fingerprint density at radius 2 is 2.21 bits per heavy atom. The molecule has 19 heavy (non-hydrogen) atoms. The summed E-state index contributed by atoms with van der Waals surface area (Å²) in [5.41, 5.74) is 1.07. The van der Waals surface area contributed by atoms with E-state index in [0.29, 0.717) is 13.0 Å². The van der Waals surface area contributed by atoms with Crippen LogP contribution in [0.3, 0.4) is 0 Å². The van der Waals surface area contributed by atoms with E-state index in [0.717, 1.165) is 11.3 Å². The Morgan fingerprint density at radius 1 is 1.47 bits per heavy atom. The van der Waals surface area contributed by atoms with Gasteiger partial charge in [-0.2, -0.15) is 0 Å². The Bertz CT molecular complexity index is 445. The Labute approximate surface area is 113 Å². The topological polar surface area (TPSA) is 58.6 Å². The number of benzene rings is 1. The predicted octanol–water partition coefficient (Wildman–Crippen LogP) is 1.37. The van der Waals surface area contributed by atoms with E-state index in [9.17, 15) is 9.90 Å². The number of carbonyl (C=O) groups is 1. The van der Waals surface area contributed by atoms with Crippen LogP contribution in [0.5, 0.6) is 5.75 Å². The van der Waals surface area contributed by atoms with Gasteiger partial charge in [-0.05, 0) is 24.0 Å². The number of nitrogens with one attached hydrogen (secondary N) is 1. The van der Waals surface area contributed by atoms with Crippen molar-refractivity contribution in [3.05, 3.63) is 29.8 Å². The third-order valence-corrected chi connectivity index (χ3v) is 3.58. The number of aliphatic hydroxyl groups excluding tert-OH is 1. The van der Waals surface area contributed by atoms with Gasteiger partial charge in [0.15, 0.2) is 0 Å². The second-order valence-corrected chi connectivity index (χ2v) is 5.36. The lowest BCUT2D eigenvalue weighted by Gasteiger charge is -2.27. The summed E-state index contributed by atoms with van der Waals surface area (Å²) in [6.07, 6.45) is 0.693. The van der Waals surface area contributed by atoms with E-state index in [1.807, 2.05) is 38.1 Å². The number of hydrogen-bond donors (Lipinski definition) is 2. The summed E-state index contributed by atoms with van der Waals surface area (Å²) in [7, 11) is 0. The van der Waals surface area contributed by atoms with E-state index in [1.165, 1.54) is 0 Å². The van der Waals surface area contributed by atoms with Gasteiger partial charge in [0.2, 0.25) is 5.91 Å². The summed E-state index contributed by atoms with van der Waals surface area (Å²) < 4.78 is 5.61. The third-order valence-electron chi connectivity index (χ3n) is 3.58. The summed E-state index contributed by atoms with van der Waals surface area (Å²) in [5, 5.41) is 12.2. The lowest BCUT2D eigenvalue weighted by atomic mass is 9.95. The molecule has 0 radical (unpaired) electrons. The van der Waals surface area contributed by atoms with Gasteiger partial charge in [0.25, 0.3) is 0 Å². The number of hydrogen-bond acceptors (Lipinski definition) is 3. The van der Waals surface area contributed by atoms with Crippen molar-refractivity contribution >= 4 is 5.91 Å². The molecule has 1 aliphatic rings. The van der Waals surface area contributed by atoms with Crippen molar-refractivity contribution in [1.82, 2.24) is 5.32 Å². The van der Waals surface area contributed by atoms with Crippen LogP contribution >= 0.6 is 0 Å². The van der Waals surface area contributed by atoms with Gasteiger partial charge in [0, 0.05) is 0 Å². The van der Waals surface area contributed by atoms with Crippen molar-refractivity contribution in [2.75, 3.05) is 13.2 Å². The molecule has 1 unspecified atom stereocenters. The normalized spacial score (nSPS) is 19.5. The number of ether oxygens (including phenoxy) is 1. The van der Waals surface area contributed by atoms with Crippen molar-refractivity contribution in [3.8, 4) is 5.75 Å². The predicted molar refractivity (Wildman–Crippen MR) is 73.0 cm³/mol. The lowest BCUT2D eigenvalue weighted by Crippen LogP contribution is -2.46. The maximum Gasteiger partial charge on any atom is 0.227 e. The van der Waals surface area contributed by atoms with E-state index in [1.54, 1.807) is 0 Å². The highest BCUT2D eigenvalue weighted by atomic mass is 16.5. The number of amides is 1. The standard InChI is InChI=1S/C15H21NO3/c1-10(2)13(8-17)16-15(18)12-7-11-5-3-4-6-14(11)19-9-12/h3-6,10,12-13,17H,7-9H2,1-2H3,(H,16,18)/t12?,13-/m1/s1. The van der Waals surface area contributed by atoms with Gasteiger partial charge in [0.05, 0.1) is 18.6 Å². The first kappa shape index (κ1) is 13.9. The molecule has 0 aliphatic carbocycles. The zero-order valence-corrected chi connectivity index (χ0v) is 11.4. The van der Waals surface area contributed by atoms with Gasteiger partial charge >= 0.3 is 0 Å². The minimum Gasteiger partial charge on any atom is -0.492 e. The van der Waals surface area contributed by atoms with Crippen molar-refractivity contribution in [2.24, 2.45) is 11.8 Å². The second kappa shape index (κ2) is 6.06. The first-order valence-electron chi connectivity index (χ1n) is 6.73. The van der Waals surface area contributed by atoms with Crippen LogP contribution in [0.15, 0.2) is 24.3 Å². The van der Waals surface area contributed by atoms with Crippen LogP contribution < -0.4 is 10.1 Å². The monoisotopic (exact) mass is 263 g/mol. The highest BCUT2D eigenvalue weighted by Crippen LogP contribution is 2.26. The molecule has 0 aromatic heterocycles. The average molecular weight is 263 g/mol. The number of rotatable bonds is 4. The van der Waals surface area contributed by atoms with Crippen LogP contribution in [0.1, 0.15) is 19.4 Å². The molecule has 1 aromatic rings. The van der Waals surface area contributed by atoms with Gasteiger partial charge in [-0.25, -0.2) is 0 Å². The summed E-state index contributed by atoms with van der Waals surface area (Å²) in [6.45, 7) is 4.33. The van der Waals surface area contributed by atoms with Crippen molar-refractivity contribution in [2.45, 2.75) is 26.3 Å². The lowest BCUT2D eigenvalue weighted by molar-refractivity contribution is -0.127. The molecule has 1 aromatic carbocycles. The van der Waals surface area contributed by atoms with E-state index in [2.05, 4.69) is 5.32 Å². The second-order valence-electron chi connectivity index (χ2n) is 5.36. The maximum absolute atomic E-state index is 12.2. The minimum absolute atomic E-state index is 0.0342. The van der Waals surface area contributed by atoms with Crippen LogP contribution in [0.25, 0.3) is 0 Å². The van der Waals surface area contributed by atoms with Gasteiger partial charge < -0.3 is 15.2 Å². The van der Waals surface area contributed by atoms with Crippen LogP contribution in [-0.4, -0.2) is 30.3 Å². The Morgan fingerprint density at radius 3 is 2.89 bits per heavy atom. The van der Waals surface area contributed by atoms with Crippen molar-refractivity contribution in [1.29, 1.82) is 0 Å². The minimum atomic E-state index is -0.190. The molecule has 0 saturated carbocycles. The van der Waals surface area contributed by atoms with Gasteiger partial charge in [0.1, 0.15) is 12.4 Å². The molecule has 4 nitrogen and oxygen atoms in total. The molecule has 0 bridgehead atoms. The summed E-state index contributed by atoms with van der Waals surface area (Å²) in [5.74, 6) is 0.866. The molecule has 0 spiro atoms. The third kappa shape index (κ3) is 3.26. The molecular weight excluding hydrogens is 242 g/mol. The summed E-state index contributed by atoms with van der Waals surface area (Å²) >= 11 is 0. The van der Waals surface area contributed by atoms with E-state index >= 15 is 0 Å². The molecule has 104 valence electrons. The molecule has 2 atom stereocenters. The molecule has 0 saturated heterocycles. The SMILES string of the molecule is CC(C)[C@@H](CO)NC(=O)C1COc2ccccc2C1. The number of aliphatic hydroxyl groups is 1. The van der Waals surface area contributed by atoms with Crippen molar-refractivity contribution < 1.29 is 14.6 Å². The average Bonchev–Trinajstić information content (AvgIpc) is 2.43. The molecule has 1 heterocycles. The highest BCUT2D eigenvalue weighted by molar-refractivity contribution is 5.80. The maximum atomic E-state index is 12.2. The molecule has 1 amide bonds. The number of para-hydroxylation sites is 1. The van der Waals surface area contributed by atoms with E-state index in [-0.39, 0.29) is 30.4 Å². The molecular formula is C15H21NO3. The Balaban J connectivity index is 1.99. The summed E-state index contributed by atoms with van der Waals surface area (Å²) in [6, 6.07) is 7.60. The van der Waals surface area contributed by atoms with E-state index in [4.69, 9.17) is 4.74 Å². The Kier molecular flexibility index (Phi) is 4.43. The van der Waals surface area contributed by atoms with Gasteiger partial charge in [-0.3, -0.25) is 4.79 Å². The highest BCUT2D eigenvalue weighted by Gasteiger charge is 2.27. The van der Waals surface area contributed by atoms with Crippen LogP contribution in [-0.2, 0) is 11.2 Å². The molecule has 0 fully saturated rings. The summed E-state index contributed by atoms with van der Waals surface area (Å²) in [4.78, 5) is 12.2. The van der Waals surface area contributed by atoms with Gasteiger partial charge in [-0.15, -0.1) is 0 Å². The zero-order valence-electron chi connectivity index (χ0n) is 11.4. The molecule has 1 aliphatic heterocycles. The largest absolute Gasteiger partial charge is 0.492 e.